The maximum absolute atomic E-state index is 13.1. The summed E-state index contributed by atoms with van der Waals surface area (Å²) in [6.45, 7) is 3.36. The lowest BCUT2D eigenvalue weighted by Crippen LogP contribution is -2.35. The van der Waals surface area contributed by atoms with E-state index < -0.39 is 0 Å². The molecule has 1 saturated heterocycles. The number of benzene rings is 2. The molecule has 1 N–H and O–H groups in total. The largest absolute Gasteiger partial charge is 0.352 e. The third-order valence-electron chi connectivity index (χ3n) is 5.66. The van der Waals surface area contributed by atoms with Crippen LogP contribution in [0.25, 0.3) is 0 Å². The zero-order chi connectivity index (χ0) is 20.9. The molecule has 0 bridgehead atoms. The Morgan fingerprint density at radius 1 is 1.00 bits per heavy atom. The highest BCUT2D eigenvalue weighted by molar-refractivity contribution is 5.95. The van der Waals surface area contributed by atoms with Crippen molar-refractivity contribution in [2.24, 2.45) is 5.92 Å². The Hall–Kier alpha value is -3.47. The molecule has 1 aliphatic heterocycles. The molecule has 2 atom stereocenters. The molecule has 0 spiro atoms. The monoisotopic (exact) mass is 399 g/mol. The van der Waals surface area contributed by atoms with Crippen LogP contribution in [-0.4, -0.2) is 34.8 Å². The lowest BCUT2D eigenvalue weighted by atomic mass is 9.88. The summed E-state index contributed by atoms with van der Waals surface area (Å²) >= 11 is 0. The van der Waals surface area contributed by atoms with E-state index in [1.165, 1.54) is 0 Å². The van der Waals surface area contributed by atoms with Crippen molar-refractivity contribution in [1.82, 2.24) is 15.2 Å². The standard InChI is InChI=1S/C25H25N3O2/c1-18-9-11-21(12-10-18)25(30)28-16-22(20-7-3-2-4-8-20)23(17-28)24(29)27-15-19-6-5-13-26-14-19/h2-14,22-23H,15-17H2,1H3,(H,27,29). The van der Waals surface area contributed by atoms with Crippen LogP contribution in [0.4, 0.5) is 0 Å². The van der Waals surface area contributed by atoms with Crippen molar-refractivity contribution < 1.29 is 9.59 Å². The number of nitrogens with one attached hydrogen (secondary N) is 1. The molecule has 2 heterocycles. The third-order valence-corrected chi connectivity index (χ3v) is 5.66. The predicted molar refractivity (Wildman–Crippen MR) is 116 cm³/mol. The predicted octanol–water partition coefficient (Wildman–Crippen LogP) is 3.56. The maximum Gasteiger partial charge on any atom is 0.253 e. The fourth-order valence-corrected chi connectivity index (χ4v) is 3.97. The zero-order valence-corrected chi connectivity index (χ0v) is 17.0. The van der Waals surface area contributed by atoms with Gasteiger partial charge in [0.05, 0.1) is 5.92 Å². The first kappa shape index (κ1) is 19.8. The molecule has 4 rings (SSSR count). The summed E-state index contributed by atoms with van der Waals surface area (Å²) < 4.78 is 0. The molecule has 2 aromatic carbocycles. The van der Waals surface area contributed by atoms with E-state index in [0.29, 0.717) is 25.2 Å². The molecule has 0 aliphatic carbocycles. The Morgan fingerprint density at radius 3 is 2.47 bits per heavy atom. The van der Waals surface area contributed by atoms with Crippen LogP contribution in [0, 0.1) is 12.8 Å². The van der Waals surface area contributed by atoms with Crippen molar-refractivity contribution in [3.05, 3.63) is 101 Å². The lowest BCUT2D eigenvalue weighted by Gasteiger charge is -2.18. The number of carbonyl (C=O) groups is 2. The number of aryl methyl sites for hydroxylation is 1. The van der Waals surface area contributed by atoms with E-state index >= 15 is 0 Å². The number of hydrogen-bond acceptors (Lipinski definition) is 3. The van der Waals surface area contributed by atoms with Crippen LogP contribution in [0.5, 0.6) is 0 Å². The Labute approximate surface area is 176 Å². The van der Waals surface area contributed by atoms with Crippen LogP contribution in [0.3, 0.4) is 0 Å². The van der Waals surface area contributed by atoms with Crippen LogP contribution in [0.2, 0.25) is 0 Å². The van der Waals surface area contributed by atoms with Gasteiger partial charge >= 0.3 is 0 Å². The number of hydrogen-bond donors (Lipinski definition) is 1. The van der Waals surface area contributed by atoms with Gasteiger partial charge in [-0.1, -0.05) is 54.1 Å². The van der Waals surface area contributed by atoms with Crippen LogP contribution in [0.15, 0.2) is 79.1 Å². The van der Waals surface area contributed by atoms with E-state index in [-0.39, 0.29) is 23.7 Å². The third kappa shape index (κ3) is 4.40. The second-order valence-corrected chi connectivity index (χ2v) is 7.78. The molecule has 152 valence electrons. The van der Waals surface area contributed by atoms with Crippen LogP contribution >= 0.6 is 0 Å². The lowest BCUT2D eigenvalue weighted by molar-refractivity contribution is -0.125. The van der Waals surface area contributed by atoms with Crippen LogP contribution < -0.4 is 5.32 Å². The molecule has 2 unspecified atom stereocenters. The summed E-state index contributed by atoms with van der Waals surface area (Å²) in [7, 11) is 0. The Bertz CT molecular complexity index is 1000. The van der Waals surface area contributed by atoms with Gasteiger partial charge in [-0.05, 0) is 36.2 Å². The van der Waals surface area contributed by atoms with E-state index in [1.807, 2.05) is 73.7 Å². The highest BCUT2D eigenvalue weighted by Gasteiger charge is 2.40. The first-order chi connectivity index (χ1) is 14.6. The summed E-state index contributed by atoms with van der Waals surface area (Å²) in [5.74, 6) is -0.390. The summed E-state index contributed by atoms with van der Waals surface area (Å²) in [5, 5.41) is 3.03. The fourth-order valence-electron chi connectivity index (χ4n) is 3.97. The Kier molecular flexibility index (Phi) is 5.89. The fraction of sp³-hybridized carbons (Fsp3) is 0.240. The smallest absolute Gasteiger partial charge is 0.253 e. The molecule has 30 heavy (non-hydrogen) atoms. The summed E-state index contributed by atoms with van der Waals surface area (Å²) in [4.78, 5) is 32.0. The van der Waals surface area contributed by atoms with Crippen molar-refractivity contribution in [1.29, 1.82) is 0 Å². The van der Waals surface area contributed by atoms with Crippen molar-refractivity contribution in [2.45, 2.75) is 19.4 Å². The van der Waals surface area contributed by atoms with Gasteiger partial charge in [0.25, 0.3) is 5.91 Å². The Morgan fingerprint density at radius 2 is 1.77 bits per heavy atom. The number of carbonyl (C=O) groups excluding carboxylic acids is 2. The molecule has 5 heteroatoms. The number of likely N-dealkylation sites (tertiary alicyclic amines) is 1. The van der Waals surface area contributed by atoms with E-state index in [4.69, 9.17) is 0 Å². The first-order valence-electron chi connectivity index (χ1n) is 10.2. The summed E-state index contributed by atoms with van der Waals surface area (Å²) in [5.41, 5.74) is 3.80. The highest BCUT2D eigenvalue weighted by Crippen LogP contribution is 2.33. The van der Waals surface area contributed by atoms with Crippen molar-refractivity contribution >= 4 is 11.8 Å². The van der Waals surface area contributed by atoms with Gasteiger partial charge in [0.1, 0.15) is 0 Å². The topological polar surface area (TPSA) is 62.3 Å². The maximum atomic E-state index is 13.1. The number of nitrogens with zero attached hydrogens (tertiary/aromatic N) is 2. The average Bonchev–Trinajstić information content (AvgIpc) is 3.24. The first-order valence-corrected chi connectivity index (χ1v) is 10.2. The highest BCUT2D eigenvalue weighted by atomic mass is 16.2. The molecule has 0 saturated carbocycles. The van der Waals surface area contributed by atoms with Gasteiger partial charge in [0.2, 0.25) is 5.91 Å². The second kappa shape index (κ2) is 8.91. The molecular formula is C25H25N3O2. The summed E-state index contributed by atoms with van der Waals surface area (Å²) in [6, 6.07) is 21.4. The average molecular weight is 399 g/mol. The van der Waals surface area contributed by atoms with Crippen LogP contribution in [-0.2, 0) is 11.3 Å². The van der Waals surface area contributed by atoms with E-state index in [0.717, 1.165) is 16.7 Å². The molecule has 3 aromatic rings. The molecule has 5 nitrogen and oxygen atoms in total. The van der Waals surface area contributed by atoms with Gasteiger partial charge in [0.15, 0.2) is 0 Å². The molecule has 2 amide bonds. The van der Waals surface area contributed by atoms with Gasteiger partial charge < -0.3 is 10.2 Å². The molecule has 0 radical (unpaired) electrons. The van der Waals surface area contributed by atoms with Crippen molar-refractivity contribution in [3.8, 4) is 0 Å². The number of rotatable bonds is 5. The second-order valence-electron chi connectivity index (χ2n) is 7.78. The normalized spacial score (nSPS) is 18.2. The van der Waals surface area contributed by atoms with Crippen molar-refractivity contribution in [3.63, 3.8) is 0 Å². The zero-order valence-electron chi connectivity index (χ0n) is 17.0. The minimum atomic E-state index is -0.293. The Balaban J connectivity index is 1.52. The number of aromatic nitrogens is 1. The number of amides is 2. The molecule has 1 aliphatic rings. The minimum Gasteiger partial charge on any atom is -0.352 e. The van der Waals surface area contributed by atoms with Crippen molar-refractivity contribution in [2.75, 3.05) is 13.1 Å². The quantitative estimate of drug-likeness (QED) is 0.714. The van der Waals surface area contributed by atoms with Gasteiger partial charge in [-0.25, -0.2) is 0 Å². The minimum absolute atomic E-state index is 0.0292. The SMILES string of the molecule is Cc1ccc(C(=O)N2CC(C(=O)NCc3cccnc3)C(c3ccccc3)C2)cc1. The number of pyridine rings is 1. The van der Waals surface area contributed by atoms with E-state index in [2.05, 4.69) is 10.3 Å². The van der Waals surface area contributed by atoms with Gasteiger partial charge in [-0.3, -0.25) is 14.6 Å². The van der Waals surface area contributed by atoms with Gasteiger partial charge in [0, 0.05) is 43.5 Å². The van der Waals surface area contributed by atoms with E-state index in [1.54, 1.807) is 17.3 Å². The van der Waals surface area contributed by atoms with E-state index in [9.17, 15) is 9.59 Å². The molecule has 1 aromatic heterocycles. The van der Waals surface area contributed by atoms with Gasteiger partial charge in [-0.2, -0.15) is 0 Å². The molecular weight excluding hydrogens is 374 g/mol. The summed E-state index contributed by atoms with van der Waals surface area (Å²) in [6.07, 6.45) is 3.46. The van der Waals surface area contributed by atoms with Crippen LogP contribution in [0.1, 0.15) is 33.0 Å². The molecule has 1 fully saturated rings. The van der Waals surface area contributed by atoms with Gasteiger partial charge in [-0.15, -0.1) is 0 Å².